The number of carboxylic acids is 1. The number of aromatic amines is 1. The van der Waals surface area contributed by atoms with E-state index in [1.807, 2.05) is 6.20 Å². The predicted octanol–water partition coefficient (Wildman–Crippen LogP) is 6.61. The van der Waals surface area contributed by atoms with Crippen molar-refractivity contribution in [3.05, 3.63) is 70.8 Å². The molecule has 30 heavy (non-hydrogen) atoms. The van der Waals surface area contributed by atoms with Crippen LogP contribution in [-0.2, 0) is 0 Å². The molecule has 2 N–H and O–H groups in total. The second-order valence-corrected chi connectivity index (χ2v) is 8.71. The third kappa shape index (κ3) is 3.85. The Morgan fingerprint density at radius 2 is 2.00 bits per heavy atom. The van der Waals surface area contributed by atoms with E-state index in [2.05, 4.69) is 42.0 Å². The van der Waals surface area contributed by atoms with Crippen LogP contribution in [0.5, 0.6) is 0 Å². The Morgan fingerprint density at radius 3 is 2.63 bits per heavy atom. The molecule has 2 aromatic carbocycles. The molecule has 4 aromatic rings. The van der Waals surface area contributed by atoms with Crippen molar-refractivity contribution in [3.8, 4) is 10.6 Å². The summed E-state index contributed by atoms with van der Waals surface area (Å²) in [7, 11) is 0. The molecular formula is C23H22ClN3O2S. The number of carbonyl (C=O) groups is 1. The molecule has 2 aromatic heterocycles. The number of thiazole rings is 1. The summed E-state index contributed by atoms with van der Waals surface area (Å²) in [5.41, 5.74) is 3.05. The number of hydrogen-bond acceptors (Lipinski definition) is 4. The number of carboxylic acid groups (broad SMARTS) is 1. The fourth-order valence-electron chi connectivity index (χ4n) is 3.94. The molecule has 0 spiro atoms. The number of imidazole rings is 1. The zero-order valence-corrected chi connectivity index (χ0v) is 18.3. The van der Waals surface area contributed by atoms with E-state index in [0.717, 1.165) is 39.5 Å². The number of nitrogens with one attached hydrogen (secondary N) is 1. The first-order chi connectivity index (χ1) is 14.5. The first kappa shape index (κ1) is 20.6. The Kier molecular flexibility index (Phi) is 5.88. The molecule has 4 rings (SSSR count). The van der Waals surface area contributed by atoms with Gasteiger partial charge in [0.2, 0.25) is 0 Å². The molecule has 0 aliphatic rings. The average Bonchev–Trinajstić information content (AvgIpc) is 3.40. The lowest BCUT2D eigenvalue weighted by molar-refractivity contribution is 0.0697. The van der Waals surface area contributed by atoms with E-state index in [9.17, 15) is 9.90 Å². The van der Waals surface area contributed by atoms with Crippen molar-refractivity contribution < 1.29 is 9.90 Å². The monoisotopic (exact) mass is 439 g/mol. The Morgan fingerprint density at radius 1 is 1.20 bits per heavy atom. The van der Waals surface area contributed by atoms with E-state index >= 15 is 0 Å². The SMILES string of the molecule is CCC(CC)C(c1ccc2nc(-c3ccc(C(=O)O)c(Cl)c3)sc2c1)c1ncc[nH]1. The minimum atomic E-state index is -1.04. The minimum absolute atomic E-state index is 0.0928. The maximum atomic E-state index is 11.2. The summed E-state index contributed by atoms with van der Waals surface area (Å²) in [5, 5.41) is 10.2. The van der Waals surface area contributed by atoms with Crippen LogP contribution in [0.3, 0.4) is 0 Å². The lowest BCUT2D eigenvalue weighted by Gasteiger charge is -2.24. The molecule has 0 aliphatic heterocycles. The van der Waals surface area contributed by atoms with Gasteiger partial charge in [0.1, 0.15) is 10.8 Å². The summed E-state index contributed by atoms with van der Waals surface area (Å²) < 4.78 is 1.09. The molecule has 0 bridgehead atoms. The zero-order chi connectivity index (χ0) is 21.3. The van der Waals surface area contributed by atoms with Gasteiger partial charge in [0.15, 0.2) is 0 Å². The van der Waals surface area contributed by atoms with Crippen LogP contribution in [0, 0.1) is 5.92 Å². The number of hydrogen-bond donors (Lipinski definition) is 2. The van der Waals surface area contributed by atoms with Crippen molar-refractivity contribution in [2.75, 3.05) is 0 Å². The fraction of sp³-hybridized carbons (Fsp3) is 0.261. The molecule has 0 saturated heterocycles. The van der Waals surface area contributed by atoms with Gasteiger partial charge in [-0.15, -0.1) is 11.3 Å². The smallest absolute Gasteiger partial charge is 0.337 e. The minimum Gasteiger partial charge on any atom is -0.478 e. The van der Waals surface area contributed by atoms with E-state index in [1.165, 1.54) is 11.6 Å². The van der Waals surface area contributed by atoms with Crippen molar-refractivity contribution in [3.63, 3.8) is 0 Å². The van der Waals surface area contributed by atoms with Gasteiger partial charge in [0, 0.05) is 23.9 Å². The third-order valence-corrected chi connectivity index (χ3v) is 6.93. The molecule has 0 radical (unpaired) electrons. The maximum Gasteiger partial charge on any atom is 0.337 e. The summed E-state index contributed by atoms with van der Waals surface area (Å²) in [5.74, 6) is 0.646. The summed E-state index contributed by atoms with van der Waals surface area (Å²) in [6.07, 6.45) is 5.82. The molecule has 7 heteroatoms. The molecule has 0 saturated carbocycles. The highest BCUT2D eigenvalue weighted by Crippen LogP contribution is 2.38. The topological polar surface area (TPSA) is 78.9 Å². The first-order valence-corrected chi connectivity index (χ1v) is 11.1. The Hall–Kier alpha value is -2.70. The summed E-state index contributed by atoms with van der Waals surface area (Å²) >= 11 is 7.73. The predicted molar refractivity (Wildman–Crippen MR) is 122 cm³/mol. The third-order valence-electron chi connectivity index (χ3n) is 5.55. The number of rotatable bonds is 7. The number of halogens is 1. The quantitative estimate of drug-likeness (QED) is 0.339. The van der Waals surface area contributed by atoms with Gasteiger partial charge in [-0.05, 0) is 35.7 Å². The van der Waals surface area contributed by atoms with Gasteiger partial charge in [-0.3, -0.25) is 0 Å². The number of H-pyrrole nitrogens is 1. The van der Waals surface area contributed by atoms with Crippen molar-refractivity contribution in [2.24, 2.45) is 5.92 Å². The molecule has 5 nitrogen and oxygen atoms in total. The van der Waals surface area contributed by atoms with E-state index in [-0.39, 0.29) is 16.5 Å². The molecule has 154 valence electrons. The summed E-state index contributed by atoms with van der Waals surface area (Å²) in [6.45, 7) is 4.44. The summed E-state index contributed by atoms with van der Waals surface area (Å²) in [6, 6.07) is 11.3. The Bertz CT molecular complexity index is 1180. The average molecular weight is 440 g/mol. The van der Waals surface area contributed by atoms with Crippen LogP contribution >= 0.6 is 22.9 Å². The lowest BCUT2D eigenvalue weighted by atomic mass is 9.82. The van der Waals surface area contributed by atoms with Crippen molar-refractivity contribution >= 4 is 39.1 Å². The van der Waals surface area contributed by atoms with Crippen LogP contribution in [0.4, 0.5) is 0 Å². The molecule has 0 amide bonds. The lowest BCUT2D eigenvalue weighted by Crippen LogP contribution is -2.14. The highest BCUT2D eigenvalue weighted by Gasteiger charge is 2.25. The van der Waals surface area contributed by atoms with Gasteiger partial charge in [-0.1, -0.05) is 50.4 Å². The second kappa shape index (κ2) is 8.58. The van der Waals surface area contributed by atoms with Crippen molar-refractivity contribution in [1.29, 1.82) is 0 Å². The molecule has 0 fully saturated rings. The van der Waals surface area contributed by atoms with Gasteiger partial charge in [0.05, 0.1) is 20.8 Å². The molecule has 1 unspecified atom stereocenters. The number of benzene rings is 2. The molecule has 0 aliphatic carbocycles. The maximum absolute atomic E-state index is 11.2. The highest BCUT2D eigenvalue weighted by atomic mass is 35.5. The highest BCUT2D eigenvalue weighted by molar-refractivity contribution is 7.21. The Balaban J connectivity index is 1.75. The standard InChI is InChI=1S/C23H22ClN3O2S/c1-3-13(4-2)20(21-25-9-10-26-21)14-6-8-18-19(12-14)30-22(27-18)15-5-7-16(23(28)29)17(24)11-15/h5-13,20H,3-4H2,1-2H3,(H,25,26)(H,28,29). The van der Waals surface area contributed by atoms with Crippen LogP contribution in [-0.4, -0.2) is 26.0 Å². The first-order valence-electron chi connectivity index (χ1n) is 9.94. The van der Waals surface area contributed by atoms with Crippen molar-refractivity contribution in [2.45, 2.75) is 32.6 Å². The number of aromatic nitrogens is 3. The van der Waals surface area contributed by atoms with Gasteiger partial charge in [-0.25, -0.2) is 14.8 Å². The second-order valence-electron chi connectivity index (χ2n) is 7.27. The van der Waals surface area contributed by atoms with E-state index in [4.69, 9.17) is 16.6 Å². The van der Waals surface area contributed by atoms with Gasteiger partial charge in [0.25, 0.3) is 0 Å². The molecular weight excluding hydrogens is 418 g/mol. The van der Waals surface area contributed by atoms with Crippen LogP contribution in [0.25, 0.3) is 20.8 Å². The summed E-state index contributed by atoms with van der Waals surface area (Å²) in [4.78, 5) is 23.8. The number of fused-ring (bicyclic) bond motifs is 1. The van der Waals surface area contributed by atoms with Crippen LogP contribution in [0.15, 0.2) is 48.8 Å². The number of nitrogens with zero attached hydrogens (tertiary/aromatic N) is 2. The van der Waals surface area contributed by atoms with Crippen LogP contribution < -0.4 is 0 Å². The van der Waals surface area contributed by atoms with E-state index < -0.39 is 5.97 Å². The largest absolute Gasteiger partial charge is 0.478 e. The fourth-order valence-corrected chi connectivity index (χ4v) is 5.21. The Labute approximate surface area is 183 Å². The number of aromatic carboxylic acids is 1. The van der Waals surface area contributed by atoms with E-state index in [0.29, 0.717) is 5.92 Å². The van der Waals surface area contributed by atoms with Crippen molar-refractivity contribution in [1.82, 2.24) is 15.0 Å². The van der Waals surface area contributed by atoms with Gasteiger partial charge in [-0.2, -0.15) is 0 Å². The van der Waals surface area contributed by atoms with E-state index in [1.54, 1.807) is 29.7 Å². The zero-order valence-electron chi connectivity index (χ0n) is 16.7. The normalized spacial score (nSPS) is 12.5. The van der Waals surface area contributed by atoms with Crippen LogP contribution in [0.2, 0.25) is 5.02 Å². The molecule has 1 atom stereocenters. The van der Waals surface area contributed by atoms with Gasteiger partial charge >= 0.3 is 5.97 Å². The van der Waals surface area contributed by atoms with Crippen LogP contribution in [0.1, 0.15) is 54.4 Å². The molecule has 2 heterocycles. The van der Waals surface area contributed by atoms with Gasteiger partial charge < -0.3 is 10.1 Å².